The Bertz CT molecular complexity index is 833. The van der Waals surface area contributed by atoms with E-state index in [1.807, 2.05) is 30.3 Å². The first-order valence-electron chi connectivity index (χ1n) is 6.81. The van der Waals surface area contributed by atoms with E-state index in [-0.39, 0.29) is 11.9 Å². The van der Waals surface area contributed by atoms with Gasteiger partial charge in [-0.2, -0.15) is 0 Å². The molecule has 1 N–H and O–H groups in total. The molecule has 2 aromatic carbocycles. The number of amides is 1. The third kappa shape index (κ3) is 3.88. The molecule has 5 nitrogen and oxygen atoms in total. The number of rotatable bonds is 4. The van der Waals surface area contributed by atoms with Crippen LogP contribution in [0.5, 0.6) is 0 Å². The van der Waals surface area contributed by atoms with Crippen molar-refractivity contribution in [2.75, 3.05) is 5.32 Å². The molecule has 0 aliphatic carbocycles. The van der Waals surface area contributed by atoms with Crippen molar-refractivity contribution >= 4 is 35.1 Å². The maximum atomic E-state index is 12.1. The maximum Gasteiger partial charge on any atom is 0.258 e. The van der Waals surface area contributed by atoms with Gasteiger partial charge in [-0.3, -0.25) is 10.1 Å². The highest BCUT2D eigenvalue weighted by molar-refractivity contribution is 6.42. The second-order valence-corrected chi connectivity index (χ2v) is 5.65. The number of carbonyl (C=O) groups is 1. The fourth-order valence-corrected chi connectivity index (χ4v) is 2.31. The standard InChI is InChI=1S/C16H12Cl2N4O/c17-13-7-6-12(8-14(13)18)15(23)20-16-19-10-22(21-16)9-11-4-2-1-3-5-11/h1-8,10H,9H2,(H,20,21,23). The summed E-state index contributed by atoms with van der Waals surface area (Å²) in [5.74, 6) is -0.113. The van der Waals surface area contributed by atoms with E-state index in [0.717, 1.165) is 5.56 Å². The van der Waals surface area contributed by atoms with E-state index in [9.17, 15) is 4.79 Å². The van der Waals surface area contributed by atoms with Crippen molar-refractivity contribution < 1.29 is 4.79 Å². The Labute approximate surface area is 142 Å². The number of hydrogen-bond donors (Lipinski definition) is 1. The molecule has 0 bridgehead atoms. The molecular formula is C16H12Cl2N4O. The zero-order valence-corrected chi connectivity index (χ0v) is 13.4. The molecule has 0 spiro atoms. The van der Waals surface area contributed by atoms with Crippen LogP contribution in [0, 0.1) is 0 Å². The summed E-state index contributed by atoms with van der Waals surface area (Å²) in [5, 5.41) is 7.57. The number of halogens is 2. The van der Waals surface area contributed by atoms with E-state index in [4.69, 9.17) is 23.2 Å². The van der Waals surface area contributed by atoms with E-state index in [0.29, 0.717) is 22.2 Å². The third-order valence-corrected chi connectivity index (χ3v) is 3.87. The van der Waals surface area contributed by atoms with Gasteiger partial charge in [-0.05, 0) is 23.8 Å². The first-order chi connectivity index (χ1) is 11.1. The van der Waals surface area contributed by atoms with Gasteiger partial charge in [0.25, 0.3) is 5.91 Å². The summed E-state index contributed by atoms with van der Waals surface area (Å²) in [6.07, 6.45) is 1.57. The van der Waals surface area contributed by atoms with Crippen LogP contribution in [0.1, 0.15) is 15.9 Å². The van der Waals surface area contributed by atoms with Crippen LogP contribution in [0.25, 0.3) is 0 Å². The molecule has 7 heteroatoms. The van der Waals surface area contributed by atoms with Gasteiger partial charge in [0.05, 0.1) is 16.6 Å². The number of nitrogens with one attached hydrogen (secondary N) is 1. The van der Waals surface area contributed by atoms with Crippen molar-refractivity contribution in [3.63, 3.8) is 0 Å². The fraction of sp³-hybridized carbons (Fsp3) is 0.0625. The van der Waals surface area contributed by atoms with Crippen LogP contribution < -0.4 is 5.32 Å². The summed E-state index contributed by atoms with van der Waals surface area (Å²) in [5.41, 5.74) is 1.48. The summed E-state index contributed by atoms with van der Waals surface area (Å²) >= 11 is 11.7. The maximum absolute atomic E-state index is 12.1. The summed E-state index contributed by atoms with van der Waals surface area (Å²) < 4.78 is 1.65. The Kier molecular flexibility index (Phi) is 4.60. The van der Waals surface area contributed by atoms with E-state index in [1.165, 1.54) is 6.07 Å². The average molecular weight is 347 g/mol. The highest BCUT2D eigenvalue weighted by Crippen LogP contribution is 2.22. The number of carbonyl (C=O) groups excluding carboxylic acids is 1. The average Bonchev–Trinajstić information content (AvgIpc) is 2.98. The Balaban J connectivity index is 1.68. The first kappa shape index (κ1) is 15.5. The van der Waals surface area contributed by atoms with Crippen molar-refractivity contribution in [2.24, 2.45) is 0 Å². The predicted octanol–water partition coefficient (Wildman–Crippen LogP) is 3.89. The summed E-state index contributed by atoms with van der Waals surface area (Å²) in [6.45, 7) is 0.580. The molecule has 1 heterocycles. The molecule has 3 aromatic rings. The van der Waals surface area contributed by atoms with E-state index < -0.39 is 0 Å². The van der Waals surface area contributed by atoms with Crippen LogP contribution in [-0.2, 0) is 6.54 Å². The molecule has 0 atom stereocenters. The van der Waals surface area contributed by atoms with Crippen molar-refractivity contribution in [1.29, 1.82) is 0 Å². The quantitative estimate of drug-likeness (QED) is 0.779. The van der Waals surface area contributed by atoms with Gasteiger partial charge in [0.1, 0.15) is 6.33 Å². The number of benzene rings is 2. The number of aromatic nitrogens is 3. The molecule has 3 rings (SSSR count). The lowest BCUT2D eigenvalue weighted by atomic mass is 10.2. The number of nitrogens with zero attached hydrogens (tertiary/aromatic N) is 3. The third-order valence-electron chi connectivity index (χ3n) is 3.13. The summed E-state index contributed by atoms with van der Waals surface area (Å²) in [7, 11) is 0. The predicted molar refractivity (Wildman–Crippen MR) is 90.0 cm³/mol. The molecule has 116 valence electrons. The number of anilines is 1. The van der Waals surface area contributed by atoms with Gasteiger partial charge < -0.3 is 0 Å². The molecule has 1 amide bonds. The lowest BCUT2D eigenvalue weighted by Gasteiger charge is -2.03. The van der Waals surface area contributed by atoms with Gasteiger partial charge in [0.15, 0.2) is 0 Å². The Morgan fingerprint density at radius 3 is 2.61 bits per heavy atom. The Morgan fingerprint density at radius 1 is 1.09 bits per heavy atom. The van der Waals surface area contributed by atoms with Gasteiger partial charge in [0, 0.05) is 5.56 Å². The van der Waals surface area contributed by atoms with Crippen molar-refractivity contribution in [3.8, 4) is 0 Å². The molecule has 0 saturated heterocycles. The van der Waals surface area contributed by atoms with E-state index >= 15 is 0 Å². The fourth-order valence-electron chi connectivity index (χ4n) is 2.01. The Hall–Kier alpha value is -2.37. The van der Waals surface area contributed by atoms with E-state index in [2.05, 4.69) is 15.4 Å². The zero-order chi connectivity index (χ0) is 16.2. The lowest BCUT2D eigenvalue weighted by molar-refractivity contribution is 0.102. The summed E-state index contributed by atoms with van der Waals surface area (Å²) in [4.78, 5) is 16.2. The monoisotopic (exact) mass is 346 g/mol. The van der Waals surface area contributed by atoms with Crippen LogP contribution in [-0.4, -0.2) is 20.7 Å². The Morgan fingerprint density at radius 2 is 1.87 bits per heavy atom. The largest absolute Gasteiger partial charge is 0.289 e. The normalized spacial score (nSPS) is 10.5. The molecule has 1 aromatic heterocycles. The molecule has 0 saturated carbocycles. The van der Waals surface area contributed by atoms with Crippen LogP contribution in [0.4, 0.5) is 5.95 Å². The van der Waals surface area contributed by atoms with E-state index in [1.54, 1.807) is 23.1 Å². The molecule has 0 radical (unpaired) electrons. The van der Waals surface area contributed by atoms with Crippen molar-refractivity contribution in [1.82, 2.24) is 14.8 Å². The topological polar surface area (TPSA) is 59.8 Å². The van der Waals surface area contributed by atoms with Crippen LogP contribution in [0.2, 0.25) is 10.0 Å². The molecule has 0 unspecified atom stereocenters. The molecule has 0 aliphatic rings. The summed E-state index contributed by atoms with van der Waals surface area (Å²) in [6, 6.07) is 14.5. The molecule has 0 aliphatic heterocycles. The van der Waals surface area contributed by atoms with Crippen molar-refractivity contribution in [3.05, 3.63) is 76.0 Å². The molecule has 23 heavy (non-hydrogen) atoms. The highest BCUT2D eigenvalue weighted by Gasteiger charge is 2.11. The SMILES string of the molecule is O=C(Nc1ncn(Cc2ccccc2)n1)c1ccc(Cl)c(Cl)c1. The minimum atomic E-state index is -0.346. The highest BCUT2D eigenvalue weighted by atomic mass is 35.5. The molecule has 0 fully saturated rings. The van der Waals surface area contributed by atoms with Gasteiger partial charge in [-0.15, -0.1) is 5.10 Å². The zero-order valence-electron chi connectivity index (χ0n) is 11.9. The first-order valence-corrected chi connectivity index (χ1v) is 7.57. The second kappa shape index (κ2) is 6.81. The van der Waals surface area contributed by atoms with Gasteiger partial charge >= 0.3 is 0 Å². The smallest absolute Gasteiger partial charge is 0.258 e. The van der Waals surface area contributed by atoms with Gasteiger partial charge in [-0.1, -0.05) is 53.5 Å². The van der Waals surface area contributed by atoms with Crippen molar-refractivity contribution in [2.45, 2.75) is 6.54 Å². The second-order valence-electron chi connectivity index (χ2n) is 4.83. The minimum Gasteiger partial charge on any atom is -0.289 e. The molecular weight excluding hydrogens is 335 g/mol. The van der Waals surface area contributed by atoms with Gasteiger partial charge in [-0.25, -0.2) is 9.67 Å². The van der Waals surface area contributed by atoms with Crippen LogP contribution in [0.3, 0.4) is 0 Å². The van der Waals surface area contributed by atoms with Gasteiger partial charge in [0.2, 0.25) is 5.95 Å². The minimum absolute atomic E-state index is 0.233. The van der Waals surface area contributed by atoms with Crippen LogP contribution >= 0.6 is 23.2 Å². The number of hydrogen-bond acceptors (Lipinski definition) is 3. The lowest BCUT2D eigenvalue weighted by Crippen LogP contribution is -2.13. The van der Waals surface area contributed by atoms with Crippen LogP contribution in [0.15, 0.2) is 54.9 Å².